The standard InChI is InChI=1S/C15H28N4O8.C2H6.4H2/c1-5-18-13(22)26-8-15(6-24-11(16)20,7-25-12(21)17-4)9-27-14(23)19-10(2)3;1-2;;;;/h10H,5-9H2,1-4H3,(H2,16,20)(H,17,21)(H,18,22)(H,19,23);1-2H3;4*1H. The van der Waals surface area contributed by atoms with Crippen LogP contribution < -0.4 is 21.7 Å². The lowest BCUT2D eigenvalue weighted by Crippen LogP contribution is -2.46. The Balaban J connectivity index is -0.000000295. The summed E-state index contributed by atoms with van der Waals surface area (Å²) in [6.45, 7) is 7.93. The zero-order chi connectivity index (χ0) is 22.9. The first-order valence-corrected chi connectivity index (χ1v) is 9.24. The van der Waals surface area contributed by atoms with E-state index in [9.17, 15) is 19.2 Å². The van der Waals surface area contributed by atoms with E-state index in [1.807, 2.05) is 13.8 Å². The average molecular weight is 431 g/mol. The lowest BCUT2D eigenvalue weighted by atomic mass is 9.92. The summed E-state index contributed by atoms with van der Waals surface area (Å²) < 4.78 is 19.9. The maximum atomic E-state index is 11.8. The summed E-state index contributed by atoms with van der Waals surface area (Å²) in [5.74, 6) is 0. The second kappa shape index (κ2) is 16.1. The van der Waals surface area contributed by atoms with Crippen LogP contribution in [0.15, 0.2) is 0 Å². The van der Waals surface area contributed by atoms with Crippen molar-refractivity contribution in [2.75, 3.05) is 40.0 Å². The van der Waals surface area contributed by atoms with E-state index >= 15 is 0 Å². The maximum Gasteiger partial charge on any atom is 0.407 e. The predicted octanol–water partition coefficient (Wildman–Crippen LogP) is 2.32. The fourth-order valence-corrected chi connectivity index (χ4v) is 1.68. The highest BCUT2D eigenvalue weighted by Crippen LogP contribution is 2.21. The first-order valence-electron chi connectivity index (χ1n) is 9.24. The van der Waals surface area contributed by atoms with E-state index in [0.717, 1.165) is 0 Å². The van der Waals surface area contributed by atoms with E-state index in [0.29, 0.717) is 6.54 Å². The molecule has 5 N–H and O–H groups in total. The molecule has 0 radical (unpaired) electrons. The normalized spacial score (nSPS) is 11.7. The Labute approximate surface area is 177 Å². The molecule has 0 aromatic heterocycles. The van der Waals surface area contributed by atoms with Crippen molar-refractivity contribution in [2.24, 2.45) is 11.1 Å². The Morgan fingerprint density at radius 3 is 1.76 bits per heavy atom. The number of ether oxygens (including phenoxy) is 4. The van der Waals surface area contributed by atoms with Crippen LogP contribution in [0.4, 0.5) is 19.2 Å². The zero-order valence-corrected chi connectivity index (χ0v) is 18.0. The van der Waals surface area contributed by atoms with E-state index in [2.05, 4.69) is 16.0 Å². The minimum atomic E-state index is -1.36. The smallest absolute Gasteiger partial charge is 0.407 e. The molecule has 0 aliphatic heterocycles. The lowest BCUT2D eigenvalue weighted by Gasteiger charge is -2.31. The molecule has 0 aliphatic rings. The molecule has 0 saturated carbocycles. The van der Waals surface area contributed by atoms with Crippen LogP contribution in [0.5, 0.6) is 0 Å². The third-order valence-corrected chi connectivity index (χ3v) is 2.98. The number of hydrogen-bond donors (Lipinski definition) is 4. The molecule has 0 heterocycles. The highest BCUT2D eigenvalue weighted by atomic mass is 16.6. The molecule has 0 rings (SSSR count). The number of carbonyl (C=O) groups is 4. The molecule has 1 unspecified atom stereocenters. The maximum absolute atomic E-state index is 11.8. The molecule has 4 amide bonds. The molecule has 0 fully saturated rings. The van der Waals surface area contributed by atoms with Crippen LogP contribution in [0, 0.1) is 5.41 Å². The van der Waals surface area contributed by atoms with Crippen molar-refractivity contribution < 1.29 is 43.8 Å². The van der Waals surface area contributed by atoms with Crippen LogP contribution in [0.25, 0.3) is 0 Å². The van der Waals surface area contributed by atoms with Crippen LogP contribution in [0.3, 0.4) is 0 Å². The third kappa shape index (κ3) is 14.8. The highest BCUT2D eigenvalue weighted by molar-refractivity contribution is 5.68. The summed E-state index contributed by atoms with van der Waals surface area (Å²) in [7, 11) is 1.35. The van der Waals surface area contributed by atoms with Gasteiger partial charge in [-0.1, -0.05) is 13.8 Å². The van der Waals surface area contributed by atoms with Crippen molar-refractivity contribution in [3.05, 3.63) is 0 Å². The Morgan fingerprint density at radius 2 is 1.34 bits per heavy atom. The van der Waals surface area contributed by atoms with Gasteiger partial charge in [0.15, 0.2) is 0 Å². The first-order chi connectivity index (χ1) is 13.6. The summed E-state index contributed by atoms with van der Waals surface area (Å²) >= 11 is 0. The van der Waals surface area contributed by atoms with Crippen LogP contribution >= 0.6 is 0 Å². The van der Waals surface area contributed by atoms with Crippen LogP contribution in [0.1, 0.15) is 40.3 Å². The summed E-state index contributed by atoms with van der Waals surface area (Å²) in [5.41, 5.74) is 3.63. The molecule has 29 heavy (non-hydrogen) atoms. The molecule has 1 atom stereocenters. The molecule has 0 spiro atoms. The van der Waals surface area contributed by atoms with Crippen LogP contribution in [-0.4, -0.2) is 70.4 Å². The highest BCUT2D eigenvalue weighted by Gasteiger charge is 2.38. The minimum Gasteiger partial charge on any atom is -0.449 e. The Hall–Kier alpha value is -2.92. The van der Waals surface area contributed by atoms with Gasteiger partial charge < -0.3 is 40.6 Å². The zero-order valence-electron chi connectivity index (χ0n) is 18.0. The molecular formula is C17H42N4O8. The van der Waals surface area contributed by atoms with Gasteiger partial charge in [0.2, 0.25) is 0 Å². The van der Waals surface area contributed by atoms with Crippen molar-refractivity contribution in [1.82, 2.24) is 16.0 Å². The van der Waals surface area contributed by atoms with Gasteiger partial charge in [0.25, 0.3) is 0 Å². The number of rotatable bonds is 10. The molecular weight excluding hydrogens is 388 g/mol. The Kier molecular flexibility index (Phi) is 15.7. The monoisotopic (exact) mass is 430 g/mol. The molecule has 0 aromatic rings. The first kappa shape index (κ1) is 28.3. The number of nitrogens with two attached hydrogens (primary N) is 1. The second-order valence-corrected chi connectivity index (χ2v) is 5.92. The second-order valence-electron chi connectivity index (χ2n) is 5.92. The predicted molar refractivity (Wildman–Crippen MR) is 113 cm³/mol. The number of carbonyl (C=O) groups excluding carboxylic acids is 4. The molecule has 178 valence electrons. The molecule has 12 nitrogen and oxygen atoms in total. The van der Waals surface area contributed by atoms with E-state index in [1.165, 1.54) is 7.05 Å². The van der Waals surface area contributed by atoms with Crippen molar-refractivity contribution in [3.8, 4) is 0 Å². The van der Waals surface area contributed by atoms with E-state index in [4.69, 9.17) is 24.7 Å². The number of amides is 4. The quantitative estimate of drug-likeness (QED) is 0.383. The van der Waals surface area contributed by atoms with Crippen LogP contribution in [-0.2, 0) is 18.9 Å². The van der Waals surface area contributed by atoms with Gasteiger partial charge in [0, 0.05) is 25.3 Å². The summed E-state index contributed by atoms with van der Waals surface area (Å²) in [5, 5.41) is 7.17. The number of primary amides is 1. The van der Waals surface area contributed by atoms with Gasteiger partial charge in [0.1, 0.15) is 31.8 Å². The number of nitrogens with one attached hydrogen (secondary N) is 3. The Bertz CT molecular complexity index is 533. The Morgan fingerprint density at radius 1 is 0.897 bits per heavy atom. The van der Waals surface area contributed by atoms with E-state index in [-0.39, 0.29) is 31.6 Å². The van der Waals surface area contributed by atoms with Crippen molar-refractivity contribution in [1.29, 1.82) is 0 Å². The lowest BCUT2D eigenvalue weighted by molar-refractivity contribution is -0.0475. The summed E-state index contributed by atoms with van der Waals surface area (Å²) in [4.78, 5) is 45.8. The summed E-state index contributed by atoms with van der Waals surface area (Å²) in [6, 6.07) is -0.178. The fourth-order valence-electron chi connectivity index (χ4n) is 1.68. The molecule has 0 saturated heterocycles. The van der Waals surface area contributed by atoms with Gasteiger partial charge in [-0.2, -0.15) is 0 Å². The SMILES string of the molecule is CC.CCNC(=O)OCC(COC(N)=O)(COC(=O)NC)COC(=O)NC(C)C.[HH].[HH].[HH].[HH]. The van der Waals surface area contributed by atoms with Gasteiger partial charge in [-0.15, -0.1) is 0 Å². The van der Waals surface area contributed by atoms with Gasteiger partial charge in [-0.3, -0.25) is 0 Å². The van der Waals surface area contributed by atoms with Gasteiger partial charge in [-0.25, -0.2) is 19.2 Å². The average Bonchev–Trinajstić information content (AvgIpc) is 2.67. The van der Waals surface area contributed by atoms with Crippen molar-refractivity contribution >= 4 is 24.4 Å². The van der Waals surface area contributed by atoms with Gasteiger partial charge >= 0.3 is 24.4 Å². The molecule has 0 aromatic carbocycles. The number of hydrogen-bond acceptors (Lipinski definition) is 8. The van der Waals surface area contributed by atoms with E-state index in [1.54, 1.807) is 20.8 Å². The van der Waals surface area contributed by atoms with Crippen molar-refractivity contribution in [2.45, 2.75) is 40.7 Å². The third-order valence-electron chi connectivity index (χ3n) is 2.98. The van der Waals surface area contributed by atoms with E-state index < -0.39 is 36.4 Å². The number of alkyl carbamates (subject to hydrolysis) is 3. The van der Waals surface area contributed by atoms with Gasteiger partial charge in [0.05, 0.1) is 0 Å². The minimum absolute atomic E-state index is 0. The molecule has 0 aliphatic carbocycles. The molecule has 12 heteroatoms. The van der Waals surface area contributed by atoms with Crippen molar-refractivity contribution in [3.63, 3.8) is 0 Å². The topological polar surface area (TPSA) is 167 Å². The van der Waals surface area contributed by atoms with Crippen LogP contribution in [0.2, 0.25) is 0 Å². The van der Waals surface area contributed by atoms with Gasteiger partial charge in [-0.05, 0) is 20.8 Å². The summed E-state index contributed by atoms with van der Waals surface area (Å²) in [6.07, 6.45) is -3.36. The largest absolute Gasteiger partial charge is 0.449 e. The fraction of sp³-hybridized carbons (Fsp3) is 0.765. The molecule has 0 bridgehead atoms.